The molecule has 0 radical (unpaired) electrons. The van der Waals surface area contributed by atoms with E-state index in [9.17, 15) is 4.79 Å². The van der Waals surface area contributed by atoms with Gasteiger partial charge >= 0.3 is 0 Å². The molecule has 0 atom stereocenters. The van der Waals surface area contributed by atoms with E-state index in [1.165, 1.54) is 23.2 Å². The first-order valence-corrected chi connectivity index (χ1v) is 8.70. The highest BCUT2D eigenvalue weighted by molar-refractivity contribution is 6.33. The highest BCUT2D eigenvalue weighted by Crippen LogP contribution is 2.27. The number of halogens is 1. The van der Waals surface area contributed by atoms with Crippen LogP contribution in [0.5, 0.6) is 0 Å². The Bertz CT molecular complexity index is 959. The molecule has 3 rings (SSSR count). The van der Waals surface area contributed by atoms with Crippen LogP contribution < -0.4 is 10.8 Å². The third-order valence-corrected chi connectivity index (χ3v) is 4.20. The van der Waals surface area contributed by atoms with Crippen LogP contribution in [0.3, 0.4) is 0 Å². The van der Waals surface area contributed by atoms with E-state index in [0.717, 1.165) is 17.7 Å². The second kappa shape index (κ2) is 8.98. The van der Waals surface area contributed by atoms with Crippen LogP contribution in [0.1, 0.15) is 16.7 Å². The molecule has 0 saturated carbocycles. The molecule has 3 N–H and O–H groups in total. The minimum Gasteiger partial charge on any atom is -0.339 e. The number of para-hydroxylation sites is 1. The summed E-state index contributed by atoms with van der Waals surface area (Å²) in [5.41, 5.74) is 5.45. The van der Waals surface area contributed by atoms with Gasteiger partial charge in [0.25, 0.3) is 5.91 Å². The molecular weight excluding hydrogens is 362 g/mol. The molecule has 2 aromatic carbocycles. The third kappa shape index (κ3) is 5.17. The molecule has 6 heteroatoms. The Morgan fingerprint density at radius 1 is 1.11 bits per heavy atom. The molecule has 1 amide bonds. The van der Waals surface area contributed by atoms with E-state index in [4.69, 9.17) is 16.8 Å². The predicted molar refractivity (Wildman–Crippen MR) is 107 cm³/mol. The number of hydrogen-bond donors (Lipinski definition) is 3. The van der Waals surface area contributed by atoms with Crippen molar-refractivity contribution in [2.24, 2.45) is 0 Å². The first-order chi connectivity index (χ1) is 13.2. The number of aromatic nitrogens is 1. The number of hydrogen-bond acceptors (Lipinski definition) is 4. The zero-order chi connectivity index (χ0) is 19.1. The second-order valence-corrected chi connectivity index (χ2v) is 6.26. The van der Waals surface area contributed by atoms with E-state index in [0.29, 0.717) is 16.4 Å². The fraction of sp³-hybridized carbons (Fsp3) is 0.0476. The number of amides is 1. The Labute approximate surface area is 162 Å². The third-order valence-electron chi connectivity index (χ3n) is 3.91. The highest BCUT2D eigenvalue weighted by atomic mass is 35.5. The number of benzene rings is 2. The lowest BCUT2D eigenvalue weighted by Crippen LogP contribution is -2.14. The summed E-state index contributed by atoms with van der Waals surface area (Å²) >= 11 is 6.33. The van der Waals surface area contributed by atoms with Gasteiger partial charge in [0.15, 0.2) is 0 Å². The summed E-state index contributed by atoms with van der Waals surface area (Å²) in [5, 5.41) is 12.2. The highest BCUT2D eigenvalue weighted by Gasteiger charge is 2.08. The Morgan fingerprint density at radius 2 is 1.85 bits per heavy atom. The molecule has 0 spiro atoms. The predicted octanol–water partition coefficient (Wildman–Crippen LogP) is 4.59. The van der Waals surface area contributed by atoms with Crippen molar-refractivity contribution in [3.8, 4) is 0 Å². The zero-order valence-electron chi connectivity index (χ0n) is 14.4. The van der Waals surface area contributed by atoms with E-state index in [1.54, 1.807) is 12.3 Å². The van der Waals surface area contributed by atoms with E-state index < -0.39 is 5.91 Å². The lowest BCUT2D eigenvalue weighted by atomic mass is 10.0. The molecule has 0 aliphatic rings. The van der Waals surface area contributed by atoms with Gasteiger partial charge in [-0.2, -0.15) is 0 Å². The van der Waals surface area contributed by atoms with Crippen molar-refractivity contribution in [2.45, 2.75) is 6.42 Å². The molecule has 136 valence electrons. The van der Waals surface area contributed by atoms with Gasteiger partial charge in [-0.15, -0.1) is 0 Å². The summed E-state index contributed by atoms with van der Waals surface area (Å²) < 4.78 is 0. The molecule has 0 bridgehead atoms. The van der Waals surface area contributed by atoms with Gasteiger partial charge < -0.3 is 5.32 Å². The van der Waals surface area contributed by atoms with Crippen LogP contribution in [0, 0.1) is 0 Å². The van der Waals surface area contributed by atoms with Gasteiger partial charge in [-0.3, -0.25) is 10.0 Å². The van der Waals surface area contributed by atoms with E-state index in [-0.39, 0.29) is 0 Å². The maximum atomic E-state index is 11.1. The molecule has 3 aromatic rings. The number of nitrogens with one attached hydrogen (secondary N) is 2. The molecule has 0 unspecified atom stereocenters. The van der Waals surface area contributed by atoms with E-state index >= 15 is 0 Å². The van der Waals surface area contributed by atoms with Gasteiger partial charge in [0.2, 0.25) is 0 Å². The summed E-state index contributed by atoms with van der Waals surface area (Å²) in [6.07, 6.45) is 5.08. The molecular formula is C21H18ClN3O2. The summed E-state index contributed by atoms with van der Waals surface area (Å²) in [6, 6.07) is 19.9. The molecule has 27 heavy (non-hydrogen) atoms. The quantitative estimate of drug-likeness (QED) is 0.333. The van der Waals surface area contributed by atoms with Crippen molar-refractivity contribution < 1.29 is 10.0 Å². The van der Waals surface area contributed by atoms with Crippen LogP contribution in [-0.4, -0.2) is 16.1 Å². The number of hydroxylamine groups is 1. The SMILES string of the molecule is O=C(/C=C/c1cnc(Nc2ccccc2Cc2ccccc2)c(Cl)c1)NO. The normalized spacial score (nSPS) is 10.7. The number of anilines is 2. The zero-order valence-corrected chi connectivity index (χ0v) is 15.1. The lowest BCUT2D eigenvalue weighted by Gasteiger charge is -2.13. The summed E-state index contributed by atoms with van der Waals surface area (Å²) in [6.45, 7) is 0. The van der Waals surface area contributed by atoms with Crippen LogP contribution in [0.2, 0.25) is 5.02 Å². The van der Waals surface area contributed by atoms with E-state index in [1.807, 2.05) is 36.4 Å². The molecule has 0 fully saturated rings. The average Bonchev–Trinajstić information content (AvgIpc) is 2.70. The first-order valence-electron chi connectivity index (χ1n) is 8.32. The fourth-order valence-electron chi connectivity index (χ4n) is 2.58. The van der Waals surface area contributed by atoms with Crippen LogP contribution in [0.15, 0.2) is 72.9 Å². The van der Waals surface area contributed by atoms with Crippen molar-refractivity contribution in [3.63, 3.8) is 0 Å². The van der Waals surface area contributed by atoms with Crippen LogP contribution in [0.25, 0.3) is 6.08 Å². The van der Waals surface area contributed by atoms with Gasteiger partial charge in [-0.05, 0) is 41.3 Å². The molecule has 5 nitrogen and oxygen atoms in total. The molecule has 1 heterocycles. The Morgan fingerprint density at radius 3 is 2.59 bits per heavy atom. The van der Waals surface area contributed by atoms with E-state index in [2.05, 4.69) is 28.5 Å². The number of rotatable bonds is 6. The second-order valence-electron chi connectivity index (χ2n) is 5.85. The van der Waals surface area contributed by atoms with Gasteiger partial charge in [-0.1, -0.05) is 60.1 Å². The fourth-order valence-corrected chi connectivity index (χ4v) is 2.81. The van der Waals surface area contributed by atoms with Crippen molar-refractivity contribution in [3.05, 3.63) is 94.6 Å². The minimum atomic E-state index is -0.622. The van der Waals surface area contributed by atoms with Gasteiger partial charge in [0.05, 0.1) is 5.02 Å². The van der Waals surface area contributed by atoms with Crippen molar-refractivity contribution in [2.75, 3.05) is 5.32 Å². The lowest BCUT2D eigenvalue weighted by molar-refractivity contribution is -0.124. The molecule has 0 aliphatic carbocycles. The maximum Gasteiger partial charge on any atom is 0.267 e. The van der Waals surface area contributed by atoms with Gasteiger partial charge in [0.1, 0.15) is 5.82 Å². The minimum absolute atomic E-state index is 0.427. The standard InChI is InChI=1S/C21H18ClN3O2/c22-18-13-16(10-11-20(26)25-27)14-23-21(18)24-19-9-5-4-8-17(19)12-15-6-2-1-3-7-15/h1-11,13-14,27H,12H2,(H,23,24)(H,25,26)/b11-10+. The van der Waals surface area contributed by atoms with Crippen molar-refractivity contribution in [1.29, 1.82) is 0 Å². The number of carbonyl (C=O) groups excluding carboxylic acids is 1. The number of pyridine rings is 1. The maximum absolute atomic E-state index is 11.1. The van der Waals surface area contributed by atoms with Crippen LogP contribution >= 0.6 is 11.6 Å². The topological polar surface area (TPSA) is 74.2 Å². The van der Waals surface area contributed by atoms with Gasteiger partial charge in [0, 0.05) is 18.0 Å². The largest absolute Gasteiger partial charge is 0.339 e. The monoisotopic (exact) mass is 379 g/mol. The molecule has 1 aromatic heterocycles. The smallest absolute Gasteiger partial charge is 0.267 e. The summed E-state index contributed by atoms with van der Waals surface area (Å²) in [5.74, 6) is -0.0934. The summed E-state index contributed by atoms with van der Waals surface area (Å²) in [7, 11) is 0. The van der Waals surface area contributed by atoms with Crippen LogP contribution in [-0.2, 0) is 11.2 Å². The molecule has 0 saturated heterocycles. The number of nitrogens with zero attached hydrogens (tertiary/aromatic N) is 1. The number of carbonyl (C=O) groups is 1. The summed E-state index contributed by atoms with van der Waals surface area (Å²) in [4.78, 5) is 15.4. The molecule has 0 aliphatic heterocycles. The van der Waals surface area contributed by atoms with Crippen molar-refractivity contribution in [1.82, 2.24) is 10.5 Å². The van der Waals surface area contributed by atoms with Gasteiger partial charge in [-0.25, -0.2) is 10.5 Å². The Hall–Kier alpha value is -3.15. The van der Waals surface area contributed by atoms with Crippen LogP contribution in [0.4, 0.5) is 11.5 Å². The average molecular weight is 380 g/mol. The first kappa shape index (κ1) is 18.6. The Kier molecular flexibility index (Phi) is 6.20. The van der Waals surface area contributed by atoms with Crippen molar-refractivity contribution >= 4 is 35.1 Å². The Balaban J connectivity index is 1.79.